The second-order valence-electron chi connectivity index (χ2n) is 6.50. The molecule has 0 aromatic carbocycles. The minimum Gasteiger partial charge on any atom is -0.367 e. The van der Waals surface area contributed by atoms with Crippen molar-refractivity contribution in [2.24, 2.45) is 0 Å². The SMILES string of the molecule is O=C1NC(=O)C(=Cc2cnn3c(NC4CC4)cc(-c4ccnc(F)c4)nc23)S1. The number of carbonyl (C=O) groups excluding carboxylic acids is 2. The van der Waals surface area contributed by atoms with E-state index in [2.05, 4.69) is 25.7 Å². The molecule has 3 aromatic heterocycles. The van der Waals surface area contributed by atoms with Gasteiger partial charge in [-0.2, -0.15) is 14.0 Å². The number of hydrogen-bond acceptors (Lipinski definition) is 7. The van der Waals surface area contributed by atoms with Crippen LogP contribution >= 0.6 is 11.8 Å². The zero-order valence-corrected chi connectivity index (χ0v) is 15.2. The standard InChI is InChI=1S/C18H13FN6O2S/c19-14-6-9(3-4-20-14)12-7-15(22-11-1-2-11)25-16(23-12)10(8-21-25)5-13-17(26)24-18(27)28-13/h3-8,11,22H,1-2H2,(H,24,26,27). The number of amides is 2. The molecule has 10 heteroatoms. The van der Waals surface area contributed by atoms with Crippen LogP contribution in [-0.4, -0.2) is 36.8 Å². The summed E-state index contributed by atoms with van der Waals surface area (Å²) in [6, 6.07) is 5.17. The van der Waals surface area contributed by atoms with Crippen LogP contribution in [0.1, 0.15) is 18.4 Å². The number of thioether (sulfide) groups is 1. The lowest BCUT2D eigenvalue weighted by Gasteiger charge is -2.10. The maximum absolute atomic E-state index is 13.6. The highest BCUT2D eigenvalue weighted by Gasteiger charge is 2.26. The molecule has 1 aliphatic heterocycles. The third kappa shape index (κ3) is 3.11. The Kier molecular flexibility index (Phi) is 3.86. The largest absolute Gasteiger partial charge is 0.367 e. The fraction of sp³-hybridized carbons (Fsp3) is 0.167. The van der Waals surface area contributed by atoms with Gasteiger partial charge in [-0.15, -0.1) is 0 Å². The van der Waals surface area contributed by atoms with Crippen LogP contribution in [0, 0.1) is 5.95 Å². The van der Waals surface area contributed by atoms with Crippen molar-refractivity contribution in [3.05, 3.63) is 47.0 Å². The average molecular weight is 396 g/mol. The van der Waals surface area contributed by atoms with E-state index in [-0.39, 0.29) is 4.91 Å². The van der Waals surface area contributed by atoms with E-state index in [0.717, 1.165) is 30.4 Å². The van der Waals surface area contributed by atoms with Crippen molar-refractivity contribution < 1.29 is 14.0 Å². The number of aromatic nitrogens is 4. The van der Waals surface area contributed by atoms with Gasteiger partial charge in [-0.1, -0.05) is 0 Å². The van der Waals surface area contributed by atoms with Crippen molar-refractivity contribution in [1.82, 2.24) is 24.9 Å². The van der Waals surface area contributed by atoms with Gasteiger partial charge in [0, 0.05) is 35.5 Å². The second-order valence-corrected chi connectivity index (χ2v) is 7.51. The van der Waals surface area contributed by atoms with Gasteiger partial charge in [0.15, 0.2) is 5.65 Å². The lowest BCUT2D eigenvalue weighted by atomic mass is 10.2. The first-order valence-corrected chi connectivity index (χ1v) is 9.40. The smallest absolute Gasteiger partial charge is 0.290 e. The van der Waals surface area contributed by atoms with Crippen molar-refractivity contribution in [2.45, 2.75) is 18.9 Å². The second kappa shape index (κ2) is 6.41. The predicted octanol–water partition coefficient (Wildman–Crippen LogP) is 2.83. The maximum Gasteiger partial charge on any atom is 0.290 e. The van der Waals surface area contributed by atoms with Crippen molar-refractivity contribution in [1.29, 1.82) is 0 Å². The van der Waals surface area contributed by atoms with E-state index in [1.165, 1.54) is 12.3 Å². The highest BCUT2D eigenvalue weighted by molar-refractivity contribution is 8.18. The first-order valence-electron chi connectivity index (χ1n) is 8.59. The van der Waals surface area contributed by atoms with E-state index in [1.807, 2.05) is 6.07 Å². The lowest BCUT2D eigenvalue weighted by molar-refractivity contribution is -0.115. The quantitative estimate of drug-likeness (QED) is 0.516. The Labute approximate surface area is 162 Å². The molecule has 0 spiro atoms. The Bertz CT molecular complexity index is 1170. The third-order valence-electron chi connectivity index (χ3n) is 4.38. The van der Waals surface area contributed by atoms with Crippen LogP contribution in [0.3, 0.4) is 0 Å². The van der Waals surface area contributed by atoms with Crippen LogP contribution in [0.4, 0.5) is 15.0 Å². The summed E-state index contributed by atoms with van der Waals surface area (Å²) in [7, 11) is 0. The van der Waals surface area contributed by atoms with E-state index in [9.17, 15) is 14.0 Å². The molecular weight excluding hydrogens is 383 g/mol. The van der Waals surface area contributed by atoms with Gasteiger partial charge >= 0.3 is 0 Å². The van der Waals surface area contributed by atoms with Gasteiger partial charge in [-0.3, -0.25) is 14.9 Å². The molecule has 0 bridgehead atoms. The van der Waals surface area contributed by atoms with E-state index in [1.54, 1.807) is 22.9 Å². The van der Waals surface area contributed by atoms with Crippen molar-refractivity contribution >= 4 is 40.4 Å². The molecule has 2 fully saturated rings. The molecule has 1 saturated carbocycles. The zero-order chi connectivity index (χ0) is 19.3. The molecule has 1 saturated heterocycles. The minimum absolute atomic E-state index is 0.277. The number of hydrogen-bond donors (Lipinski definition) is 2. The molecule has 0 radical (unpaired) electrons. The lowest BCUT2D eigenvalue weighted by Crippen LogP contribution is -2.17. The Morgan fingerprint density at radius 3 is 2.89 bits per heavy atom. The van der Waals surface area contributed by atoms with Crippen LogP contribution in [-0.2, 0) is 4.79 Å². The van der Waals surface area contributed by atoms with E-state index in [0.29, 0.717) is 28.5 Å². The number of anilines is 1. The van der Waals surface area contributed by atoms with Gasteiger partial charge in [0.1, 0.15) is 5.82 Å². The number of pyridine rings is 1. The van der Waals surface area contributed by atoms with Gasteiger partial charge in [0.05, 0.1) is 16.8 Å². The van der Waals surface area contributed by atoms with Crippen LogP contribution in [0.25, 0.3) is 23.0 Å². The molecule has 0 atom stereocenters. The first-order chi connectivity index (χ1) is 13.6. The van der Waals surface area contributed by atoms with Crippen molar-refractivity contribution in [3.63, 3.8) is 0 Å². The summed E-state index contributed by atoms with van der Waals surface area (Å²) in [6.45, 7) is 0. The van der Waals surface area contributed by atoms with Gasteiger partial charge in [-0.05, 0) is 36.7 Å². The Balaban J connectivity index is 1.66. The van der Waals surface area contributed by atoms with Gasteiger partial charge in [0.2, 0.25) is 5.95 Å². The molecule has 5 rings (SSSR count). The van der Waals surface area contributed by atoms with Crippen LogP contribution in [0.5, 0.6) is 0 Å². The topological polar surface area (TPSA) is 101 Å². The summed E-state index contributed by atoms with van der Waals surface area (Å²) in [5, 5.41) is 9.58. The van der Waals surface area contributed by atoms with Crippen LogP contribution in [0.15, 0.2) is 35.5 Å². The molecule has 3 aromatic rings. The summed E-state index contributed by atoms with van der Waals surface area (Å²) in [4.78, 5) is 31.8. The van der Waals surface area contributed by atoms with E-state index in [4.69, 9.17) is 0 Å². The fourth-order valence-electron chi connectivity index (χ4n) is 2.89. The maximum atomic E-state index is 13.6. The Hall–Kier alpha value is -3.27. The molecule has 0 unspecified atom stereocenters. The number of nitrogens with zero attached hydrogens (tertiary/aromatic N) is 4. The minimum atomic E-state index is -0.593. The number of carbonyl (C=O) groups is 2. The first kappa shape index (κ1) is 16.9. The van der Waals surface area contributed by atoms with Gasteiger partial charge in [-0.25, -0.2) is 9.97 Å². The molecule has 140 valence electrons. The van der Waals surface area contributed by atoms with Gasteiger partial charge in [0.25, 0.3) is 11.1 Å². The molecule has 8 nitrogen and oxygen atoms in total. The Morgan fingerprint density at radius 2 is 2.18 bits per heavy atom. The molecular formula is C18H13FN6O2S. The molecule has 2 N–H and O–H groups in total. The van der Waals surface area contributed by atoms with Crippen LogP contribution in [0.2, 0.25) is 0 Å². The number of nitrogens with one attached hydrogen (secondary N) is 2. The number of rotatable bonds is 4. The summed E-state index contributed by atoms with van der Waals surface area (Å²) in [5.74, 6) is -0.314. The highest BCUT2D eigenvalue weighted by atomic mass is 32.2. The zero-order valence-electron chi connectivity index (χ0n) is 14.3. The number of halogens is 1. The normalized spacial score (nSPS) is 18.1. The average Bonchev–Trinajstić information content (AvgIpc) is 3.30. The molecule has 4 heterocycles. The van der Waals surface area contributed by atoms with Gasteiger partial charge < -0.3 is 5.32 Å². The van der Waals surface area contributed by atoms with E-state index < -0.39 is 17.1 Å². The fourth-order valence-corrected chi connectivity index (χ4v) is 3.57. The summed E-state index contributed by atoms with van der Waals surface area (Å²) in [6.07, 6.45) is 6.69. The Morgan fingerprint density at radius 1 is 1.32 bits per heavy atom. The molecule has 2 aliphatic rings. The molecule has 2 amide bonds. The number of fused-ring (bicyclic) bond motifs is 1. The monoisotopic (exact) mass is 396 g/mol. The van der Waals surface area contributed by atoms with E-state index >= 15 is 0 Å². The number of imide groups is 1. The van der Waals surface area contributed by atoms with Crippen LogP contribution < -0.4 is 10.6 Å². The molecule has 28 heavy (non-hydrogen) atoms. The summed E-state index contributed by atoms with van der Waals surface area (Å²) >= 11 is 0.831. The van der Waals surface area contributed by atoms with Crippen molar-refractivity contribution in [3.8, 4) is 11.3 Å². The third-order valence-corrected chi connectivity index (χ3v) is 5.19. The molecule has 1 aliphatic carbocycles. The predicted molar refractivity (Wildman–Crippen MR) is 102 cm³/mol. The highest BCUT2D eigenvalue weighted by Crippen LogP contribution is 2.31. The summed E-state index contributed by atoms with van der Waals surface area (Å²) < 4.78 is 15.2. The van der Waals surface area contributed by atoms with Crippen molar-refractivity contribution in [2.75, 3.05) is 5.32 Å². The summed E-state index contributed by atoms with van der Waals surface area (Å²) in [5.41, 5.74) is 2.22.